The highest BCUT2D eigenvalue weighted by atomic mass is 32.1. The lowest BCUT2D eigenvalue weighted by molar-refractivity contribution is 0.445. The molecule has 0 spiro atoms. The molecule has 10 aromatic rings. The Morgan fingerprint density at radius 2 is 1.15 bits per heavy atom. The number of rotatable bonds is 6. The van der Waals surface area contributed by atoms with Gasteiger partial charge in [0.15, 0.2) is 0 Å². The zero-order valence-corrected chi connectivity index (χ0v) is 31.5. The number of fused-ring (bicyclic) bond motifs is 7. The molecule has 0 unspecified atom stereocenters. The molecule has 2 heterocycles. The second kappa shape index (κ2) is 13.3. The number of anilines is 3. The van der Waals surface area contributed by atoms with Gasteiger partial charge in [-0.1, -0.05) is 141 Å². The Morgan fingerprint density at radius 1 is 0.473 bits per heavy atom. The van der Waals surface area contributed by atoms with Gasteiger partial charge in [-0.05, 0) is 95.3 Å². The molecule has 1 saturated carbocycles. The van der Waals surface area contributed by atoms with Gasteiger partial charge in [0.1, 0.15) is 0 Å². The maximum absolute atomic E-state index is 2.55. The third kappa shape index (κ3) is 5.29. The largest absolute Gasteiger partial charge is 0.309 e. The van der Waals surface area contributed by atoms with Crippen molar-refractivity contribution >= 4 is 81.1 Å². The predicted octanol–water partition coefficient (Wildman–Crippen LogP) is 15.5. The SMILES string of the molecule is c1ccc(-n2c3ccccc3c3ccc(N(c4ccccc4-c4cccc5cccc(C6CCCCC6)c45)c4cccc5sc6ccccc6c45)cc32)cc1. The molecule has 2 aromatic heterocycles. The Morgan fingerprint density at radius 3 is 2.04 bits per heavy atom. The minimum absolute atomic E-state index is 0.593. The van der Waals surface area contributed by atoms with Crippen molar-refractivity contribution in [2.45, 2.75) is 38.0 Å². The van der Waals surface area contributed by atoms with E-state index in [9.17, 15) is 0 Å². The smallest absolute Gasteiger partial charge is 0.0561 e. The molecule has 0 amide bonds. The Balaban J connectivity index is 1.22. The summed E-state index contributed by atoms with van der Waals surface area (Å²) in [7, 11) is 0. The fourth-order valence-corrected chi connectivity index (χ4v) is 10.7. The summed E-state index contributed by atoms with van der Waals surface area (Å²) in [5.41, 5.74) is 11.1. The van der Waals surface area contributed by atoms with E-state index in [1.807, 2.05) is 11.3 Å². The number of hydrogen-bond donors (Lipinski definition) is 0. The molecular weight excluding hydrogens is 685 g/mol. The van der Waals surface area contributed by atoms with E-state index in [-0.39, 0.29) is 0 Å². The second-order valence-electron chi connectivity index (χ2n) is 15.1. The molecule has 0 N–H and O–H groups in total. The quantitative estimate of drug-likeness (QED) is 0.166. The summed E-state index contributed by atoms with van der Waals surface area (Å²) in [5.74, 6) is 0.593. The van der Waals surface area contributed by atoms with Crippen molar-refractivity contribution in [2.75, 3.05) is 4.90 Å². The highest BCUT2D eigenvalue weighted by Gasteiger charge is 2.25. The van der Waals surface area contributed by atoms with E-state index in [2.05, 4.69) is 185 Å². The van der Waals surface area contributed by atoms with Crippen molar-refractivity contribution < 1.29 is 0 Å². The molecule has 11 rings (SSSR count). The molecule has 0 saturated heterocycles. The first-order chi connectivity index (χ1) is 27.3. The summed E-state index contributed by atoms with van der Waals surface area (Å²) in [6.45, 7) is 0. The monoisotopic (exact) mass is 724 g/mol. The molecule has 1 aliphatic rings. The van der Waals surface area contributed by atoms with E-state index in [1.165, 1.54) is 113 Å². The van der Waals surface area contributed by atoms with Crippen molar-refractivity contribution in [3.05, 3.63) is 181 Å². The maximum atomic E-state index is 2.55. The fraction of sp³-hybridized carbons (Fsp3) is 0.115. The number of benzene rings is 8. The molecule has 8 aromatic carbocycles. The van der Waals surface area contributed by atoms with E-state index in [4.69, 9.17) is 0 Å². The Hall–Kier alpha value is -6.16. The highest BCUT2D eigenvalue weighted by Crippen LogP contribution is 2.50. The first-order valence-electron chi connectivity index (χ1n) is 19.7. The van der Waals surface area contributed by atoms with Crippen LogP contribution < -0.4 is 4.90 Å². The molecule has 0 bridgehead atoms. The van der Waals surface area contributed by atoms with E-state index >= 15 is 0 Å². The summed E-state index contributed by atoms with van der Waals surface area (Å²) in [5, 5.41) is 7.83. The number of aromatic nitrogens is 1. The van der Waals surface area contributed by atoms with Crippen molar-refractivity contribution in [1.29, 1.82) is 0 Å². The van der Waals surface area contributed by atoms with Crippen LogP contribution in [0.2, 0.25) is 0 Å². The van der Waals surface area contributed by atoms with Gasteiger partial charge in [0.2, 0.25) is 0 Å². The summed E-state index contributed by atoms with van der Waals surface area (Å²) in [4.78, 5) is 2.55. The zero-order valence-electron chi connectivity index (χ0n) is 30.7. The van der Waals surface area contributed by atoms with Crippen LogP contribution >= 0.6 is 11.3 Å². The zero-order chi connectivity index (χ0) is 36.3. The van der Waals surface area contributed by atoms with Crippen LogP contribution in [0.25, 0.3) is 69.6 Å². The predicted molar refractivity (Wildman–Crippen MR) is 237 cm³/mol. The van der Waals surface area contributed by atoms with Crippen molar-refractivity contribution in [3.8, 4) is 16.8 Å². The number of hydrogen-bond acceptors (Lipinski definition) is 2. The van der Waals surface area contributed by atoms with Gasteiger partial charge in [0, 0.05) is 47.9 Å². The standard InChI is InChI=1S/C52H40N2S/c1-3-16-35(17-4-1)39-25-13-18-36-19-14-26-43(51(36)39)41-23-8-11-28-46(41)54(47-29-15-31-50-52(47)44-24-9-12-30-49(44)55-50)38-32-33-42-40-22-7-10-27-45(40)53(48(42)34-38)37-20-5-2-6-21-37/h2,5-15,18-35H,1,3-4,16-17H2. The van der Waals surface area contributed by atoms with Crippen LogP contribution in [0.4, 0.5) is 17.1 Å². The number of para-hydroxylation sites is 3. The molecule has 2 nitrogen and oxygen atoms in total. The van der Waals surface area contributed by atoms with Gasteiger partial charge in [0.05, 0.1) is 22.4 Å². The Kier molecular flexibility index (Phi) is 7.81. The van der Waals surface area contributed by atoms with Gasteiger partial charge in [-0.15, -0.1) is 11.3 Å². The molecule has 0 radical (unpaired) electrons. The molecule has 264 valence electrons. The van der Waals surface area contributed by atoms with Gasteiger partial charge in [-0.3, -0.25) is 0 Å². The van der Waals surface area contributed by atoms with Crippen LogP contribution in [0, 0.1) is 0 Å². The molecule has 3 heteroatoms. The first-order valence-corrected chi connectivity index (χ1v) is 20.5. The summed E-state index contributed by atoms with van der Waals surface area (Å²) < 4.78 is 5.04. The summed E-state index contributed by atoms with van der Waals surface area (Å²) in [6.07, 6.45) is 6.51. The third-order valence-electron chi connectivity index (χ3n) is 12.0. The van der Waals surface area contributed by atoms with Crippen molar-refractivity contribution in [2.24, 2.45) is 0 Å². The normalized spacial score (nSPS) is 13.7. The molecule has 0 atom stereocenters. The molecular formula is C52H40N2S. The Bertz CT molecular complexity index is 3030. The van der Waals surface area contributed by atoms with Gasteiger partial charge in [0.25, 0.3) is 0 Å². The van der Waals surface area contributed by atoms with Gasteiger partial charge >= 0.3 is 0 Å². The highest BCUT2D eigenvalue weighted by molar-refractivity contribution is 7.26. The topological polar surface area (TPSA) is 8.17 Å². The second-order valence-corrected chi connectivity index (χ2v) is 16.2. The molecule has 55 heavy (non-hydrogen) atoms. The fourth-order valence-electron chi connectivity index (χ4n) is 9.55. The van der Waals surface area contributed by atoms with E-state index in [0.29, 0.717) is 5.92 Å². The van der Waals surface area contributed by atoms with Crippen LogP contribution in [-0.2, 0) is 0 Å². The minimum atomic E-state index is 0.593. The van der Waals surface area contributed by atoms with Crippen LogP contribution in [0.5, 0.6) is 0 Å². The number of thiophene rings is 1. The maximum Gasteiger partial charge on any atom is 0.0561 e. The lowest BCUT2D eigenvalue weighted by Crippen LogP contribution is -2.12. The van der Waals surface area contributed by atoms with E-state index < -0.39 is 0 Å². The number of nitrogens with zero attached hydrogens (tertiary/aromatic N) is 2. The average molecular weight is 725 g/mol. The Labute approximate surface area is 325 Å². The van der Waals surface area contributed by atoms with Crippen LogP contribution in [-0.4, -0.2) is 4.57 Å². The van der Waals surface area contributed by atoms with Crippen LogP contribution in [0.3, 0.4) is 0 Å². The lowest BCUT2D eigenvalue weighted by atomic mass is 9.80. The minimum Gasteiger partial charge on any atom is -0.309 e. The lowest BCUT2D eigenvalue weighted by Gasteiger charge is -2.30. The van der Waals surface area contributed by atoms with Gasteiger partial charge < -0.3 is 9.47 Å². The molecule has 0 aliphatic heterocycles. The summed E-state index contributed by atoms with van der Waals surface area (Å²) >= 11 is 1.88. The van der Waals surface area contributed by atoms with Crippen LogP contribution in [0.1, 0.15) is 43.6 Å². The average Bonchev–Trinajstić information content (AvgIpc) is 3.80. The van der Waals surface area contributed by atoms with Gasteiger partial charge in [-0.2, -0.15) is 0 Å². The van der Waals surface area contributed by atoms with Crippen molar-refractivity contribution in [1.82, 2.24) is 4.57 Å². The van der Waals surface area contributed by atoms with Crippen LogP contribution in [0.15, 0.2) is 176 Å². The van der Waals surface area contributed by atoms with E-state index in [1.54, 1.807) is 0 Å². The molecule has 1 fully saturated rings. The first kappa shape index (κ1) is 32.3. The van der Waals surface area contributed by atoms with E-state index in [0.717, 1.165) is 11.4 Å². The van der Waals surface area contributed by atoms with Crippen molar-refractivity contribution in [3.63, 3.8) is 0 Å². The third-order valence-corrected chi connectivity index (χ3v) is 13.1. The summed E-state index contributed by atoms with van der Waals surface area (Å²) in [6, 6.07) is 65.5. The van der Waals surface area contributed by atoms with Gasteiger partial charge in [-0.25, -0.2) is 0 Å². The molecule has 1 aliphatic carbocycles.